The van der Waals surface area contributed by atoms with E-state index < -0.39 is 0 Å². The Morgan fingerprint density at radius 2 is 1.72 bits per heavy atom. The molecule has 0 radical (unpaired) electrons. The van der Waals surface area contributed by atoms with Crippen LogP contribution in [0.15, 0.2) is 83.9 Å². The SMILES string of the molecule is N#Cc1cccc(N2CCC(n3ccc(=O)c(-c4ccnn4-c4ccccc4)n3)CC2)c1. The van der Waals surface area contributed by atoms with E-state index in [0.717, 1.165) is 37.3 Å². The van der Waals surface area contributed by atoms with Crippen molar-refractivity contribution in [1.29, 1.82) is 5.26 Å². The van der Waals surface area contributed by atoms with Gasteiger partial charge in [-0.3, -0.25) is 9.48 Å². The number of hydrogen-bond donors (Lipinski definition) is 0. The van der Waals surface area contributed by atoms with Crippen LogP contribution in [0.2, 0.25) is 0 Å². The zero-order chi connectivity index (χ0) is 21.9. The van der Waals surface area contributed by atoms with Crippen molar-refractivity contribution < 1.29 is 0 Å². The average Bonchev–Trinajstić information content (AvgIpc) is 3.35. The highest BCUT2D eigenvalue weighted by molar-refractivity contribution is 5.57. The molecule has 2 aromatic heterocycles. The summed E-state index contributed by atoms with van der Waals surface area (Å²) < 4.78 is 3.67. The molecule has 3 heterocycles. The quantitative estimate of drug-likeness (QED) is 0.500. The maximum Gasteiger partial charge on any atom is 0.209 e. The Kier molecular flexibility index (Phi) is 5.26. The summed E-state index contributed by atoms with van der Waals surface area (Å²) in [6, 6.07) is 23.3. The Labute approximate surface area is 185 Å². The maximum atomic E-state index is 12.7. The molecule has 0 bridgehead atoms. The molecule has 2 aromatic carbocycles. The predicted molar refractivity (Wildman–Crippen MR) is 123 cm³/mol. The molecule has 0 atom stereocenters. The fourth-order valence-corrected chi connectivity index (χ4v) is 4.22. The number of nitrogens with zero attached hydrogens (tertiary/aromatic N) is 6. The van der Waals surface area contributed by atoms with Crippen LogP contribution in [0.5, 0.6) is 0 Å². The molecule has 0 spiro atoms. The first-order valence-electron chi connectivity index (χ1n) is 10.7. The molecule has 0 N–H and O–H groups in total. The normalized spacial score (nSPS) is 14.3. The molecule has 158 valence electrons. The average molecular weight is 422 g/mol. The van der Waals surface area contributed by atoms with Crippen LogP contribution >= 0.6 is 0 Å². The molecular weight excluding hydrogens is 400 g/mol. The number of nitriles is 1. The van der Waals surface area contributed by atoms with Crippen LogP contribution in [0.3, 0.4) is 0 Å². The summed E-state index contributed by atoms with van der Waals surface area (Å²) in [5, 5.41) is 18.3. The van der Waals surface area contributed by atoms with E-state index in [1.165, 1.54) is 0 Å². The smallest absolute Gasteiger partial charge is 0.209 e. The summed E-state index contributed by atoms with van der Waals surface area (Å²) in [6.45, 7) is 1.73. The topological polar surface area (TPSA) is 79.7 Å². The third-order valence-corrected chi connectivity index (χ3v) is 5.89. The summed E-state index contributed by atoms with van der Waals surface area (Å²) in [5.41, 5.74) is 3.59. The van der Waals surface area contributed by atoms with Gasteiger partial charge < -0.3 is 4.90 Å². The van der Waals surface area contributed by atoms with Gasteiger partial charge in [0.2, 0.25) is 5.43 Å². The molecule has 4 aromatic rings. The highest BCUT2D eigenvalue weighted by Crippen LogP contribution is 2.27. The minimum Gasteiger partial charge on any atom is -0.371 e. The van der Waals surface area contributed by atoms with Gasteiger partial charge in [0.25, 0.3) is 0 Å². The van der Waals surface area contributed by atoms with Crippen molar-refractivity contribution in [2.24, 2.45) is 0 Å². The standard InChI is InChI=1S/C25H22N6O/c26-18-19-5-4-8-22(17-19)29-14-10-20(11-15-29)30-16-12-24(32)25(28-30)23-9-13-27-31(23)21-6-2-1-3-7-21/h1-9,12-13,16-17,20H,10-11,14-15H2. The summed E-state index contributed by atoms with van der Waals surface area (Å²) in [5.74, 6) is 0. The summed E-state index contributed by atoms with van der Waals surface area (Å²) in [6.07, 6.45) is 5.29. The lowest BCUT2D eigenvalue weighted by Crippen LogP contribution is -2.35. The van der Waals surface area contributed by atoms with Gasteiger partial charge in [-0.25, -0.2) is 4.68 Å². The van der Waals surface area contributed by atoms with Crippen molar-refractivity contribution in [2.45, 2.75) is 18.9 Å². The van der Waals surface area contributed by atoms with E-state index in [9.17, 15) is 4.79 Å². The van der Waals surface area contributed by atoms with Crippen molar-refractivity contribution in [3.8, 4) is 23.1 Å². The van der Waals surface area contributed by atoms with E-state index in [4.69, 9.17) is 10.4 Å². The van der Waals surface area contributed by atoms with E-state index in [1.807, 2.05) is 65.3 Å². The molecule has 1 saturated heterocycles. The van der Waals surface area contributed by atoms with Crippen molar-refractivity contribution in [1.82, 2.24) is 19.6 Å². The minimum atomic E-state index is -0.121. The zero-order valence-corrected chi connectivity index (χ0v) is 17.5. The molecule has 0 saturated carbocycles. The van der Waals surface area contributed by atoms with Gasteiger partial charge in [-0.2, -0.15) is 15.5 Å². The molecule has 7 nitrogen and oxygen atoms in total. The Hall–Kier alpha value is -4.18. The number of rotatable bonds is 4. The fourth-order valence-electron chi connectivity index (χ4n) is 4.22. The van der Waals surface area contributed by atoms with Crippen LogP contribution in [0.1, 0.15) is 24.4 Å². The van der Waals surface area contributed by atoms with E-state index in [1.54, 1.807) is 23.1 Å². The van der Waals surface area contributed by atoms with E-state index in [2.05, 4.69) is 16.1 Å². The number of anilines is 1. The van der Waals surface area contributed by atoms with Crippen LogP contribution in [-0.4, -0.2) is 32.7 Å². The second kappa shape index (κ2) is 8.52. The van der Waals surface area contributed by atoms with Crippen LogP contribution < -0.4 is 10.3 Å². The lowest BCUT2D eigenvalue weighted by molar-refractivity contribution is 0.362. The number of hydrogen-bond acceptors (Lipinski definition) is 5. The van der Waals surface area contributed by atoms with Gasteiger partial charge in [-0.1, -0.05) is 24.3 Å². The first-order valence-corrected chi connectivity index (χ1v) is 10.7. The van der Waals surface area contributed by atoms with Crippen LogP contribution in [0, 0.1) is 11.3 Å². The maximum absolute atomic E-state index is 12.7. The Morgan fingerprint density at radius 1 is 0.938 bits per heavy atom. The highest BCUT2D eigenvalue weighted by atomic mass is 16.1. The monoisotopic (exact) mass is 422 g/mol. The van der Waals surface area contributed by atoms with Gasteiger partial charge in [0.1, 0.15) is 0 Å². The fraction of sp³-hybridized carbons (Fsp3) is 0.200. The van der Waals surface area contributed by atoms with Crippen LogP contribution in [0.25, 0.3) is 17.1 Å². The number of piperidine rings is 1. The first kappa shape index (κ1) is 19.8. The van der Waals surface area contributed by atoms with Gasteiger partial charge in [0, 0.05) is 31.0 Å². The molecule has 5 rings (SSSR count). The summed E-state index contributed by atoms with van der Waals surface area (Å²) in [7, 11) is 0. The highest BCUT2D eigenvalue weighted by Gasteiger charge is 2.22. The predicted octanol–water partition coefficient (Wildman–Crippen LogP) is 3.81. The number of aromatic nitrogens is 4. The Morgan fingerprint density at radius 3 is 2.50 bits per heavy atom. The minimum absolute atomic E-state index is 0.121. The summed E-state index contributed by atoms with van der Waals surface area (Å²) in [4.78, 5) is 15.0. The van der Waals surface area contributed by atoms with E-state index in [0.29, 0.717) is 17.0 Å². The zero-order valence-electron chi connectivity index (χ0n) is 17.5. The molecule has 0 amide bonds. The van der Waals surface area contributed by atoms with Gasteiger partial charge in [0.05, 0.1) is 35.3 Å². The van der Waals surface area contributed by atoms with Crippen molar-refractivity contribution in [2.75, 3.05) is 18.0 Å². The van der Waals surface area contributed by atoms with Crippen LogP contribution in [0.4, 0.5) is 5.69 Å². The molecule has 7 heteroatoms. The van der Waals surface area contributed by atoms with Gasteiger partial charge in [-0.05, 0) is 49.2 Å². The molecular formula is C25H22N6O. The second-order valence-electron chi connectivity index (χ2n) is 7.85. The van der Waals surface area contributed by atoms with E-state index in [-0.39, 0.29) is 11.5 Å². The molecule has 32 heavy (non-hydrogen) atoms. The Bertz CT molecular complexity index is 1330. The molecule has 1 aliphatic heterocycles. The van der Waals surface area contributed by atoms with Crippen molar-refractivity contribution in [3.05, 3.63) is 94.9 Å². The third kappa shape index (κ3) is 3.79. The summed E-state index contributed by atoms with van der Waals surface area (Å²) >= 11 is 0. The molecule has 1 aliphatic rings. The molecule has 0 unspecified atom stereocenters. The second-order valence-corrected chi connectivity index (χ2v) is 7.85. The molecule has 0 aliphatic carbocycles. The van der Waals surface area contributed by atoms with Crippen LogP contribution in [-0.2, 0) is 0 Å². The van der Waals surface area contributed by atoms with Gasteiger partial charge in [0.15, 0.2) is 5.69 Å². The van der Waals surface area contributed by atoms with Gasteiger partial charge >= 0.3 is 0 Å². The number of benzene rings is 2. The lowest BCUT2D eigenvalue weighted by atomic mass is 10.0. The van der Waals surface area contributed by atoms with Crippen molar-refractivity contribution >= 4 is 5.69 Å². The lowest BCUT2D eigenvalue weighted by Gasteiger charge is -2.34. The largest absolute Gasteiger partial charge is 0.371 e. The van der Waals surface area contributed by atoms with Crippen molar-refractivity contribution in [3.63, 3.8) is 0 Å². The third-order valence-electron chi connectivity index (χ3n) is 5.89. The van der Waals surface area contributed by atoms with E-state index >= 15 is 0 Å². The first-order chi connectivity index (χ1) is 15.7. The Balaban J connectivity index is 1.39. The number of para-hydroxylation sites is 1. The van der Waals surface area contributed by atoms with Gasteiger partial charge in [-0.15, -0.1) is 0 Å². The molecule has 1 fully saturated rings.